The van der Waals surface area contributed by atoms with Crippen molar-refractivity contribution in [2.24, 2.45) is 5.73 Å². The summed E-state index contributed by atoms with van der Waals surface area (Å²) in [5.74, 6) is -1.50. The molecular formula is C64H72N12O9. The minimum atomic E-state index is -1.66. The van der Waals surface area contributed by atoms with Crippen molar-refractivity contribution in [1.29, 1.82) is 0 Å². The third kappa shape index (κ3) is 11.7. The van der Waals surface area contributed by atoms with E-state index >= 15 is 0 Å². The number of primary amides is 1. The van der Waals surface area contributed by atoms with Crippen LogP contribution in [0, 0.1) is 0 Å². The summed E-state index contributed by atoms with van der Waals surface area (Å²) in [5.41, 5.74) is 11.2. The van der Waals surface area contributed by atoms with Gasteiger partial charge in [0.2, 0.25) is 23.7 Å². The van der Waals surface area contributed by atoms with E-state index in [0.717, 1.165) is 135 Å². The van der Waals surface area contributed by atoms with Crippen molar-refractivity contribution < 1.29 is 43.0 Å². The van der Waals surface area contributed by atoms with Crippen LogP contribution in [0.5, 0.6) is 11.5 Å². The van der Waals surface area contributed by atoms with Crippen LogP contribution < -0.4 is 25.0 Å². The van der Waals surface area contributed by atoms with E-state index in [1.807, 2.05) is 18.5 Å². The van der Waals surface area contributed by atoms with Gasteiger partial charge < -0.3 is 39.5 Å². The van der Waals surface area contributed by atoms with Crippen molar-refractivity contribution in [3.05, 3.63) is 119 Å². The quantitative estimate of drug-likeness (QED) is 0.0796. The Kier molecular flexibility index (Phi) is 15.1. The van der Waals surface area contributed by atoms with E-state index in [0.29, 0.717) is 46.8 Å². The van der Waals surface area contributed by atoms with E-state index in [1.165, 1.54) is 15.4 Å². The van der Waals surface area contributed by atoms with Gasteiger partial charge in [0.15, 0.2) is 0 Å². The predicted molar refractivity (Wildman–Crippen MR) is 315 cm³/mol. The summed E-state index contributed by atoms with van der Waals surface area (Å²) in [7, 11) is 0. The maximum Gasteiger partial charge on any atom is 0.329 e. The Morgan fingerprint density at radius 1 is 0.635 bits per heavy atom. The lowest BCUT2D eigenvalue weighted by Gasteiger charge is -2.40. The number of nitrogens with zero attached hydrogens (tertiary/aromatic N) is 11. The first kappa shape index (κ1) is 55.9. The predicted octanol–water partition coefficient (Wildman–Crippen LogP) is 6.16. The summed E-state index contributed by atoms with van der Waals surface area (Å²) < 4.78 is 18.9. The second-order valence-electron chi connectivity index (χ2n) is 24.9. The number of imide groups is 1. The van der Waals surface area contributed by atoms with Crippen LogP contribution >= 0.6 is 0 Å². The molecule has 0 saturated carbocycles. The van der Waals surface area contributed by atoms with Gasteiger partial charge in [-0.3, -0.25) is 38.7 Å². The van der Waals surface area contributed by atoms with E-state index in [1.54, 1.807) is 51.1 Å². The number of hydrogen-bond donors (Lipinski definition) is 1. The first-order valence-corrected chi connectivity index (χ1v) is 30.1. The minimum Gasteiger partial charge on any atom is -0.489 e. The summed E-state index contributed by atoms with van der Waals surface area (Å²) in [6, 6.07) is 19.0. The van der Waals surface area contributed by atoms with Gasteiger partial charge in [0.05, 0.1) is 11.0 Å². The molecule has 21 nitrogen and oxygen atoms in total. The number of carbonyl (C=O) groups is 6. The SMILES string of the molecule is CC(C)(C)OC(=O)[C@H](C[C@@H](C(N)=O)N1Cc2cc(O[C@H]3CCN(Cc4ccc5nc(N6CCCC6)ncc5c4)C3)ccc2C1=O)N1C(=O)CC[C@H](N2Cc3cc(O[C@H]4CCN(Cc5ccc6nc(N7CCCC7)ncc6c5)C4)ccc3C2=O)C1=O. The van der Waals surface area contributed by atoms with Crippen LogP contribution in [0.3, 0.4) is 0 Å². The molecule has 5 fully saturated rings. The number of likely N-dealkylation sites (tertiary alicyclic amines) is 3. The van der Waals surface area contributed by atoms with E-state index < -0.39 is 65.7 Å². The lowest BCUT2D eigenvalue weighted by Crippen LogP contribution is -2.61. The maximum absolute atomic E-state index is 14.9. The highest BCUT2D eigenvalue weighted by Gasteiger charge is 2.50. The molecule has 7 aliphatic rings. The highest BCUT2D eigenvalue weighted by atomic mass is 16.6. The van der Waals surface area contributed by atoms with Crippen molar-refractivity contribution >= 4 is 69.2 Å². The number of rotatable bonds is 17. The summed E-state index contributed by atoms with van der Waals surface area (Å²) in [6.45, 7) is 13.5. The van der Waals surface area contributed by atoms with Gasteiger partial charge in [-0.2, -0.15) is 0 Å². The van der Waals surface area contributed by atoms with Gasteiger partial charge in [0.25, 0.3) is 17.7 Å². The number of amides is 5. The van der Waals surface area contributed by atoms with Crippen LogP contribution in [0.4, 0.5) is 11.9 Å². The van der Waals surface area contributed by atoms with Gasteiger partial charge in [0, 0.05) is 126 Å². The molecule has 5 saturated heterocycles. The van der Waals surface area contributed by atoms with Crippen LogP contribution in [-0.2, 0) is 50.1 Å². The average Bonchev–Trinajstić information content (AvgIpc) is 3.83. The monoisotopic (exact) mass is 1150 g/mol. The van der Waals surface area contributed by atoms with Crippen molar-refractivity contribution in [1.82, 2.24) is 44.4 Å². The molecule has 2 N–H and O–H groups in total. The number of nitrogens with two attached hydrogens (primary N) is 1. The molecule has 4 aromatic carbocycles. The Morgan fingerprint density at radius 2 is 1.16 bits per heavy atom. The summed E-state index contributed by atoms with van der Waals surface area (Å²) in [4.78, 5) is 117. The summed E-state index contributed by atoms with van der Waals surface area (Å²) >= 11 is 0. The topological polar surface area (TPSA) is 230 Å². The standard InChI is InChI=1S/C64H72N12O9/c1-64(2,3)85-61(82)55(30-54(57(65)78)75-36-44-29-46(11-13-50(44)59(75)80)84-48-19-25-71(38-48)34-40-9-15-52-42(27-40)32-67-63(69-52)73-22-6-7-23-73)76-56(77)17-16-53(60(76)81)74-35-43-28-45(10-12-49(43)58(74)79)83-47-18-24-70(37-47)33-39-8-14-51-41(26-39)31-66-62(68-51)72-20-4-5-21-72/h8-15,26-29,31-32,47-48,53-55H,4-7,16-25,30,33-38H2,1-3H3,(H2,65,78)/t47-,48-,53-,54-,55-/m0/s1. The molecule has 7 aliphatic heterocycles. The fourth-order valence-corrected chi connectivity index (χ4v) is 13.4. The number of benzene rings is 4. The number of carbonyl (C=O) groups excluding carboxylic acids is 6. The second kappa shape index (κ2) is 22.9. The first-order chi connectivity index (χ1) is 41.0. The number of ether oxygens (including phenoxy) is 3. The van der Waals surface area contributed by atoms with Crippen molar-refractivity contribution in [2.75, 3.05) is 62.2 Å². The lowest BCUT2D eigenvalue weighted by atomic mass is 9.96. The molecule has 9 heterocycles. The molecule has 0 spiro atoms. The fraction of sp³-hybridized carbons (Fsp3) is 0.469. The van der Waals surface area contributed by atoms with Gasteiger partial charge in [-0.1, -0.05) is 12.1 Å². The molecule has 0 bridgehead atoms. The Morgan fingerprint density at radius 3 is 1.69 bits per heavy atom. The third-order valence-corrected chi connectivity index (χ3v) is 17.7. The van der Waals surface area contributed by atoms with Gasteiger partial charge in [-0.05, 0) is 149 Å². The number of hydrogen-bond acceptors (Lipinski definition) is 17. The second-order valence-corrected chi connectivity index (χ2v) is 24.9. The molecule has 5 atom stereocenters. The lowest BCUT2D eigenvalue weighted by molar-refractivity contribution is -0.173. The van der Waals surface area contributed by atoms with E-state index in [2.05, 4.69) is 66.0 Å². The molecular weight excluding hydrogens is 1080 g/mol. The molecule has 85 heavy (non-hydrogen) atoms. The fourth-order valence-electron chi connectivity index (χ4n) is 13.4. The highest BCUT2D eigenvalue weighted by molar-refractivity contribution is 6.08. The van der Waals surface area contributed by atoms with Crippen LogP contribution in [0.1, 0.15) is 122 Å². The highest BCUT2D eigenvalue weighted by Crippen LogP contribution is 2.36. The van der Waals surface area contributed by atoms with Crippen LogP contribution in [-0.4, -0.2) is 168 Å². The van der Waals surface area contributed by atoms with Crippen LogP contribution in [0.2, 0.25) is 0 Å². The normalized spacial score (nSPS) is 21.9. The van der Waals surface area contributed by atoms with Crippen molar-refractivity contribution in [3.8, 4) is 11.5 Å². The molecule has 6 aromatic rings. The number of aromatic nitrogens is 4. The van der Waals surface area contributed by atoms with Gasteiger partial charge in [-0.25, -0.2) is 24.7 Å². The zero-order valence-electron chi connectivity index (χ0n) is 48.5. The number of fused-ring (bicyclic) bond motifs is 4. The summed E-state index contributed by atoms with van der Waals surface area (Å²) in [5, 5.41) is 2.01. The van der Waals surface area contributed by atoms with Crippen LogP contribution in [0.15, 0.2) is 85.2 Å². The third-order valence-electron chi connectivity index (χ3n) is 17.7. The zero-order valence-corrected chi connectivity index (χ0v) is 48.5. The van der Waals surface area contributed by atoms with Crippen molar-refractivity contribution in [2.45, 2.75) is 141 Å². The molecule has 13 rings (SSSR count). The number of esters is 1. The van der Waals surface area contributed by atoms with E-state index in [9.17, 15) is 28.8 Å². The average molecular weight is 1150 g/mol. The Bertz CT molecular complexity index is 3640. The largest absolute Gasteiger partial charge is 0.489 e. The van der Waals surface area contributed by atoms with Gasteiger partial charge in [-0.15, -0.1) is 0 Å². The molecule has 0 unspecified atom stereocenters. The van der Waals surface area contributed by atoms with E-state index in [-0.39, 0.29) is 38.1 Å². The van der Waals surface area contributed by atoms with E-state index in [4.69, 9.17) is 29.9 Å². The number of piperidine rings is 1. The summed E-state index contributed by atoms with van der Waals surface area (Å²) in [6.07, 6.45) is 9.20. The van der Waals surface area contributed by atoms with Gasteiger partial charge in [0.1, 0.15) is 47.4 Å². The smallest absolute Gasteiger partial charge is 0.329 e. The molecule has 0 radical (unpaired) electrons. The van der Waals surface area contributed by atoms with Gasteiger partial charge >= 0.3 is 5.97 Å². The molecule has 442 valence electrons. The molecule has 5 amide bonds. The minimum absolute atomic E-state index is 0.0164. The molecule has 0 aliphatic carbocycles. The Labute approximate surface area is 493 Å². The Hall–Kier alpha value is -8.30. The zero-order chi connectivity index (χ0) is 58.7. The Balaban J connectivity index is 0.642. The van der Waals surface area contributed by atoms with Crippen LogP contribution in [0.25, 0.3) is 21.8 Å². The molecule has 2 aromatic heterocycles. The molecule has 21 heteroatoms. The first-order valence-electron chi connectivity index (χ1n) is 30.1. The number of anilines is 2. The maximum atomic E-state index is 14.9. The van der Waals surface area contributed by atoms with Crippen molar-refractivity contribution in [3.63, 3.8) is 0 Å².